The second kappa shape index (κ2) is 7.33. The molecule has 1 aromatic rings. The molecule has 1 aromatic carbocycles. The highest BCUT2D eigenvalue weighted by molar-refractivity contribution is 5.94. The van der Waals surface area contributed by atoms with Gasteiger partial charge in [-0.3, -0.25) is 14.4 Å². The molecule has 0 spiro atoms. The molecule has 0 radical (unpaired) electrons. The van der Waals surface area contributed by atoms with Crippen LogP contribution in [0.3, 0.4) is 0 Å². The van der Waals surface area contributed by atoms with Crippen LogP contribution in [0.5, 0.6) is 0 Å². The number of hydrogen-bond acceptors (Lipinski definition) is 3. The molecule has 130 valence electrons. The van der Waals surface area contributed by atoms with E-state index in [1.807, 2.05) is 0 Å². The highest BCUT2D eigenvalue weighted by Gasteiger charge is 2.32. The zero-order valence-electron chi connectivity index (χ0n) is 12.7. The first kappa shape index (κ1) is 17.8. The maximum absolute atomic E-state index is 13.5. The van der Waals surface area contributed by atoms with E-state index in [9.17, 15) is 27.6 Å². The van der Waals surface area contributed by atoms with Gasteiger partial charge in [0.2, 0.25) is 11.8 Å². The molecule has 2 rings (SSSR count). The number of hydrogen-bond donors (Lipinski definition) is 2. The summed E-state index contributed by atoms with van der Waals surface area (Å²) < 4.78 is 39.4. The molecular formula is C15H16F3N3O3. The molecule has 0 bridgehead atoms. The van der Waals surface area contributed by atoms with Crippen LogP contribution < -0.4 is 11.1 Å². The Labute approximate surface area is 135 Å². The smallest absolute Gasteiger partial charge is 0.254 e. The summed E-state index contributed by atoms with van der Waals surface area (Å²) in [5.41, 5.74) is 4.56. The van der Waals surface area contributed by atoms with Gasteiger partial charge >= 0.3 is 0 Å². The Balaban J connectivity index is 1.90. The zero-order valence-corrected chi connectivity index (χ0v) is 12.7. The fourth-order valence-corrected chi connectivity index (χ4v) is 2.58. The van der Waals surface area contributed by atoms with Crippen LogP contribution in [0.25, 0.3) is 0 Å². The number of nitrogens with one attached hydrogen (secondary N) is 1. The quantitative estimate of drug-likeness (QED) is 0.771. The summed E-state index contributed by atoms with van der Waals surface area (Å²) in [6, 6.07) is 0.797. The van der Waals surface area contributed by atoms with Gasteiger partial charge in [0.1, 0.15) is 6.04 Å². The molecule has 1 atom stereocenters. The zero-order chi connectivity index (χ0) is 17.9. The van der Waals surface area contributed by atoms with E-state index in [-0.39, 0.29) is 18.9 Å². The number of amides is 3. The Bertz CT molecular complexity index is 681. The van der Waals surface area contributed by atoms with Crippen molar-refractivity contribution in [3.63, 3.8) is 0 Å². The van der Waals surface area contributed by atoms with Gasteiger partial charge < -0.3 is 16.0 Å². The SMILES string of the molecule is NC(=O)C1CCCN1C(=O)CCNC(=O)c1ccc(F)c(F)c1F. The van der Waals surface area contributed by atoms with Crippen LogP contribution >= 0.6 is 0 Å². The minimum absolute atomic E-state index is 0.124. The number of halogens is 3. The van der Waals surface area contributed by atoms with Gasteiger partial charge in [-0.15, -0.1) is 0 Å². The lowest BCUT2D eigenvalue weighted by molar-refractivity contribution is -0.137. The van der Waals surface area contributed by atoms with Crippen LogP contribution in [0.15, 0.2) is 12.1 Å². The molecule has 1 fully saturated rings. The average Bonchev–Trinajstić information content (AvgIpc) is 3.02. The normalized spacial score (nSPS) is 17.0. The van der Waals surface area contributed by atoms with Crippen LogP contribution in [-0.2, 0) is 9.59 Å². The summed E-state index contributed by atoms with van der Waals surface area (Å²) in [6.07, 6.45) is 1.03. The summed E-state index contributed by atoms with van der Waals surface area (Å²) in [7, 11) is 0. The number of primary amides is 1. The van der Waals surface area contributed by atoms with Crippen molar-refractivity contribution >= 4 is 17.7 Å². The predicted molar refractivity (Wildman–Crippen MR) is 77.2 cm³/mol. The van der Waals surface area contributed by atoms with Crippen molar-refractivity contribution < 1.29 is 27.6 Å². The summed E-state index contributed by atoms with van der Waals surface area (Å²) >= 11 is 0. The lowest BCUT2D eigenvalue weighted by atomic mass is 10.2. The van der Waals surface area contributed by atoms with Crippen molar-refractivity contribution in [2.75, 3.05) is 13.1 Å². The Morgan fingerprint density at radius 1 is 1.21 bits per heavy atom. The van der Waals surface area contributed by atoms with E-state index in [4.69, 9.17) is 5.73 Å². The van der Waals surface area contributed by atoms with Gasteiger partial charge in [-0.1, -0.05) is 0 Å². The van der Waals surface area contributed by atoms with Crippen molar-refractivity contribution in [1.29, 1.82) is 0 Å². The average molecular weight is 343 g/mol. The Hall–Kier alpha value is -2.58. The fraction of sp³-hybridized carbons (Fsp3) is 0.400. The maximum Gasteiger partial charge on any atom is 0.254 e. The first-order chi connectivity index (χ1) is 11.3. The minimum Gasteiger partial charge on any atom is -0.368 e. The van der Waals surface area contributed by atoms with Gasteiger partial charge in [0.15, 0.2) is 17.5 Å². The third kappa shape index (κ3) is 3.66. The molecule has 6 nitrogen and oxygen atoms in total. The minimum atomic E-state index is -1.74. The third-order valence-corrected chi connectivity index (χ3v) is 3.81. The molecule has 1 saturated heterocycles. The third-order valence-electron chi connectivity index (χ3n) is 3.81. The Kier molecular flexibility index (Phi) is 5.42. The molecule has 3 amide bonds. The number of carbonyl (C=O) groups excluding carboxylic acids is 3. The molecule has 1 aliphatic rings. The number of nitrogens with zero attached hydrogens (tertiary/aromatic N) is 1. The van der Waals surface area contributed by atoms with Gasteiger partial charge in [0.05, 0.1) is 5.56 Å². The monoisotopic (exact) mass is 343 g/mol. The topological polar surface area (TPSA) is 92.5 Å². The second-order valence-corrected chi connectivity index (χ2v) is 5.38. The van der Waals surface area contributed by atoms with Crippen molar-refractivity contribution in [3.8, 4) is 0 Å². The molecule has 1 heterocycles. The van der Waals surface area contributed by atoms with Gasteiger partial charge in [-0.25, -0.2) is 13.2 Å². The van der Waals surface area contributed by atoms with Crippen LogP contribution in [0.4, 0.5) is 13.2 Å². The van der Waals surface area contributed by atoms with Gasteiger partial charge in [-0.2, -0.15) is 0 Å². The molecular weight excluding hydrogens is 327 g/mol. The highest BCUT2D eigenvalue weighted by atomic mass is 19.2. The molecule has 9 heteroatoms. The van der Waals surface area contributed by atoms with Gasteiger partial charge in [0.25, 0.3) is 5.91 Å². The molecule has 0 aliphatic carbocycles. The Morgan fingerprint density at radius 3 is 2.58 bits per heavy atom. The number of nitrogens with two attached hydrogens (primary N) is 1. The summed E-state index contributed by atoms with van der Waals surface area (Å²) in [5, 5.41) is 2.25. The number of carbonyl (C=O) groups is 3. The van der Waals surface area contributed by atoms with Gasteiger partial charge in [0, 0.05) is 19.5 Å². The van der Waals surface area contributed by atoms with Crippen molar-refractivity contribution in [3.05, 3.63) is 35.1 Å². The van der Waals surface area contributed by atoms with Gasteiger partial charge in [-0.05, 0) is 25.0 Å². The summed E-state index contributed by atoms with van der Waals surface area (Å²) in [5.74, 6) is -6.65. The highest BCUT2D eigenvalue weighted by Crippen LogP contribution is 2.18. The first-order valence-corrected chi connectivity index (χ1v) is 7.33. The maximum atomic E-state index is 13.5. The Morgan fingerprint density at radius 2 is 1.92 bits per heavy atom. The molecule has 1 aliphatic heterocycles. The van der Waals surface area contributed by atoms with E-state index in [0.717, 1.165) is 6.07 Å². The van der Waals surface area contributed by atoms with E-state index < -0.39 is 40.9 Å². The van der Waals surface area contributed by atoms with Crippen LogP contribution in [-0.4, -0.2) is 41.8 Å². The summed E-state index contributed by atoms with van der Waals surface area (Å²) in [4.78, 5) is 36.4. The second-order valence-electron chi connectivity index (χ2n) is 5.38. The largest absolute Gasteiger partial charge is 0.368 e. The van der Waals surface area contributed by atoms with Crippen molar-refractivity contribution in [1.82, 2.24) is 10.2 Å². The van der Waals surface area contributed by atoms with E-state index in [2.05, 4.69) is 5.32 Å². The summed E-state index contributed by atoms with van der Waals surface area (Å²) in [6.45, 7) is 0.260. The van der Waals surface area contributed by atoms with E-state index in [1.54, 1.807) is 0 Å². The van der Waals surface area contributed by atoms with Crippen LogP contribution in [0.1, 0.15) is 29.6 Å². The van der Waals surface area contributed by atoms with Crippen LogP contribution in [0, 0.1) is 17.5 Å². The van der Waals surface area contributed by atoms with E-state index in [0.29, 0.717) is 25.5 Å². The number of rotatable bonds is 5. The predicted octanol–water partition coefficient (Wildman–Crippen LogP) is 0.700. The molecule has 3 N–H and O–H groups in total. The lowest BCUT2D eigenvalue weighted by Crippen LogP contribution is -2.44. The van der Waals surface area contributed by atoms with Crippen molar-refractivity contribution in [2.45, 2.75) is 25.3 Å². The fourth-order valence-electron chi connectivity index (χ4n) is 2.58. The molecule has 0 saturated carbocycles. The molecule has 24 heavy (non-hydrogen) atoms. The first-order valence-electron chi connectivity index (χ1n) is 7.33. The number of benzene rings is 1. The van der Waals surface area contributed by atoms with E-state index in [1.165, 1.54) is 4.90 Å². The van der Waals surface area contributed by atoms with Crippen LogP contribution in [0.2, 0.25) is 0 Å². The van der Waals surface area contributed by atoms with Crippen molar-refractivity contribution in [2.24, 2.45) is 5.73 Å². The molecule has 1 unspecified atom stereocenters. The molecule has 0 aromatic heterocycles. The number of likely N-dealkylation sites (tertiary alicyclic amines) is 1. The lowest BCUT2D eigenvalue weighted by Gasteiger charge is -2.22. The van der Waals surface area contributed by atoms with E-state index >= 15 is 0 Å². The standard InChI is InChI=1S/C15H16F3N3O3/c16-9-4-3-8(12(17)13(9)18)15(24)20-6-5-11(22)21-7-1-2-10(21)14(19)23/h3-4,10H,1-2,5-7H2,(H2,19,23)(H,20,24).